The number of rotatable bonds is 9. The van der Waals surface area contributed by atoms with Crippen LogP contribution in [0, 0.1) is 5.92 Å². The molecule has 0 saturated heterocycles. The van der Waals surface area contributed by atoms with Crippen LogP contribution in [0.25, 0.3) is 11.3 Å². The summed E-state index contributed by atoms with van der Waals surface area (Å²) in [5.74, 6) is 0.567. The van der Waals surface area contributed by atoms with Gasteiger partial charge < -0.3 is 14.6 Å². The molecule has 0 amide bonds. The molecule has 1 atom stereocenters. The van der Waals surface area contributed by atoms with E-state index in [1.165, 1.54) is 12.8 Å². The van der Waals surface area contributed by atoms with E-state index in [4.69, 9.17) is 9.72 Å². The molecule has 1 N–H and O–H groups in total. The molecule has 0 bridgehead atoms. The number of aromatic carboxylic acids is 1. The first-order valence-electron chi connectivity index (χ1n) is 12.3. The Morgan fingerprint density at radius 2 is 1.86 bits per heavy atom. The average Bonchev–Trinajstić information content (AvgIpc) is 3.60. The van der Waals surface area contributed by atoms with Crippen molar-refractivity contribution in [2.45, 2.75) is 51.3 Å². The van der Waals surface area contributed by atoms with Crippen molar-refractivity contribution in [1.82, 2.24) is 10.3 Å². The molecule has 1 aliphatic carbocycles. The fourth-order valence-electron chi connectivity index (χ4n) is 4.59. The fraction of sp³-hybridized carbons (Fsp3) is 0.310. The maximum Gasteiger partial charge on any atom is 1.00 e. The zero-order valence-electron chi connectivity index (χ0n) is 21.2. The minimum atomic E-state index is -1.17. The average molecular weight is 541 g/mol. The second-order valence-electron chi connectivity index (χ2n) is 9.41. The fourth-order valence-corrected chi connectivity index (χ4v) is 6.39. The van der Waals surface area contributed by atoms with Gasteiger partial charge in [0.25, 0.3) is 0 Å². The van der Waals surface area contributed by atoms with Gasteiger partial charge in [0, 0.05) is 22.4 Å². The monoisotopic (exact) mass is 540 g/mol. The van der Waals surface area contributed by atoms with Gasteiger partial charge in [0.2, 0.25) is 0 Å². The molecule has 1 unspecified atom stereocenters. The van der Waals surface area contributed by atoms with Crippen LogP contribution in [-0.4, -0.2) is 17.1 Å². The first kappa shape index (κ1) is 28.0. The molecule has 37 heavy (non-hydrogen) atoms. The standard InChI is InChI=1S/C29H30N2O3S2.Na/c1-19-7-11-23(12-8-19)34-24-13-9-21(10-14-24)25-18-36-28(31-25)27(26-6-3-15-35-26)30-17-20-4-2-5-22(16-20)29(32)33;/h2-6,9-10,13-16,18-19,23,27,30H,7-8,11-12,17H2,1H3,(H,32,33);/q;+1/p-1. The van der Waals surface area contributed by atoms with Crippen molar-refractivity contribution < 1.29 is 44.2 Å². The number of thiazole rings is 1. The first-order valence-corrected chi connectivity index (χ1v) is 14.1. The van der Waals surface area contributed by atoms with Gasteiger partial charge in [-0.05, 0) is 84.5 Å². The van der Waals surface area contributed by atoms with Crippen LogP contribution in [0.4, 0.5) is 0 Å². The number of aromatic nitrogens is 1. The molecule has 0 aliphatic heterocycles. The van der Waals surface area contributed by atoms with E-state index >= 15 is 0 Å². The summed E-state index contributed by atoms with van der Waals surface area (Å²) >= 11 is 3.30. The number of carbonyl (C=O) groups excluding carboxylic acids is 1. The third kappa shape index (κ3) is 7.31. The Bertz CT molecular complexity index is 1280. The van der Waals surface area contributed by atoms with E-state index in [2.05, 4.69) is 41.2 Å². The summed E-state index contributed by atoms with van der Waals surface area (Å²) in [5, 5.41) is 19.9. The molecule has 1 fully saturated rings. The number of thiophene rings is 1. The Balaban J connectivity index is 0.00000320. The van der Waals surface area contributed by atoms with E-state index in [0.29, 0.717) is 12.6 Å². The van der Waals surface area contributed by atoms with E-state index in [1.54, 1.807) is 40.9 Å². The summed E-state index contributed by atoms with van der Waals surface area (Å²) in [5.41, 5.74) is 3.08. The largest absolute Gasteiger partial charge is 1.00 e. The summed E-state index contributed by atoms with van der Waals surface area (Å²) in [6.45, 7) is 2.84. The number of ether oxygens (including phenoxy) is 1. The Labute approximate surface area is 248 Å². The predicted molar refractivity (Wildman–Crippen MR) is 143 cm³/mol. The molecular formula is C29H29N2NaO3S2. The second-order valence-corrected chi connectivity index (χ2v) is 11.3. The van der Waals surface area contributed by atoms with Crippen molar-refractivity contribution in [3.05, 3.63) is 92.4 Å². The van der Waals surface area contributed by atoms with E-state index in [-0.39, 0.29) is 41.2 Å². The Hall–Kier alpha value is -2.00. The SMILES string of the molecule is CC1CCC(Oc2ccc(-c3csc(C(NCc4cccc(C(=O)[O-])c4)c4cccs4)n3)cc2)CC1.[Na+]. The molecule has 8 heteroatoms. The number of nitrogens with one attached hydrogen (secondary N) is 1. The summed E-state index contributed by atoms with van der Waals surface area (Å²) in [4.78, 5) is 17.4. The van der Waals surface area contributed by atoms with Crippen LogP contribution in [-0.2, 0) is 6.54 Å². The van der Waals surface area contributed by atoms with Crippen molar-refractivity contribution in [3.63, 3.8) is 0 Å². The molecule has 2 heterocycles. The summed E-state index contributed by atoms with van der Waals surface area (Å²) in [7, 11) is 0. The maximum absolute atomic E-state index is 11.2. The molecule has 5 nitrogen and oxygen atoms in total. The molecule has 5 rings (SSSR count). The number of hydrogen-bond acceptors (Lipinski definition) is 7. The minimum absolute atomic E-state index is 0. The summed E-state index contributed by atoms with van der Waals surface area (Å²) in [6, 6.07) is 19.2. The number of carbonyl (C=O) groups is 1. The van der Waals surface area contributed by atoms with Crippen molar-refractivity contribution in [2.24, 2.45) is 5.92 Å². The van der Waals surface area contributed by atoms with Crippen LogP contribution in [0.2, 0.25) is 0 Å². The van der Waals surface area contributed by atoms with Crippen molar-refractivity contribution in [3.8, 4) is 17.0 Å². The number of carboxylic acids is 1. The number of benzene rings is 2. The van der Waals surface area contributed by atoms with Gasteiger partial charge >= 0.3 is 29.6 Å². The van der Waals surface area contributed by atoms with Gasteiger partial charge in [0.1, 0.15) is 10.8 Å². The van der Waals surface area contributed by atoms with Crippen LogP contribution in [0.15, 0.2) is 71.4 Å². The normalized spacial score (nSPS) is 18.1. The zero-order chi connectivity index (χ0) is 24.9. The molecule has 2 aromatic heterocycles. The Morgan fingerprint density at radius 1 is 1.08 bits per heavy atom. The molecule has 186 valence electrons. The zero-order valence-corrected chi connectivity index (χ0v) is 24.8. The Morgan fingerprint density at radius 3 is 2.57 bits per heavy atom. The van der Waals surface area contributed by atoms with Crippen molar-refractivity contribution in [1.29, 1.82) is 0 Å². The van der Waals surface area contributed by atoms with E-state index in [9.17, 15) is 9.90 Å². The quantitative estimate of drug-likeness (QED) is 0.331. The van der Waals surface area contributed by atoms with Crippen LogP contribution in [0.5, 0.6) is 5.75 Å². The molecule has 2 aromatic carbocycles. The summed E-state index contributed by atoms with van der Waals surface area (Å²) < 4.78 is 6.22. The van der Waals surface area contributed by atoms with Crippen LogP contribution in [0.3, 0.4) is 0 Å². The summed E-state index contributed by atoms with van der Waals surface area (Å²) in [6.07, 6.45) is 5.07. The Kier molecular flexibility index (Phi) is 9.98. The van der Waals surface area contributed by atoms with Crippen molar-refractivity contribution >= 4 is 28.6 Å². The topological polar surface area (TPSA) is 74.3 Å². The van der Waals surface area contributed by atoms with Gasteiger partial charge in [-0.15, -0.1) is 22.7 Å². The molecule has 0 spiro atoms. The smallest absolute Gasteiger partial charge is 0.545 e. The van der Waals surface area contributed by atoms with Gasteiger partial charge in [0.05, 0.1) is 23.8 Å². The van der Waals surface area contributed by atoms with E-state index < -0.39 is 5.97 Å². The molecule has 0 radical (unpaired) electrons. The van der Waals surface area contributed by atoms with Gasteiger partial charge in [0.15, 0.2) is 0 Å². The predicted octanol–water partition coefficient (Wildman–Crippen LogP) is 3.08. The molecule has 1 saturated carbocycles. The maximum atomic E-state index is 11.2. The van der Waals surface area contributed by atoms with Gasteiger partial charge in [-0.1, -0.05) is 31.2 Å². The second kappa shape index (κ2) is 13.2. The van der Waals surface area contributed by atoms with Crippen LogP contribution >= 0.6 is 22.7 Å². The third-order valence-corrected chi connectivity index (χ3v) is 8.53. The number of hydrogen-bond donors (Lipinski definition) is 1. The molecule has 1 aliphatic rings. The van der Waals surface area contributed by atoms with Gasteiger partial charge in [-0.25, -0.2) is 4.98 Å². The van der Waals surface area contributed by atoms with Crippen LogP contribution in [0.1, 0.15) is 64.5 Å². The number of nitrogens with zero attached hydrogens (tertiary/aromatic N) is 1. The van der Waals surface area contributed by atoms with E-state index in [1.807, 2.05) is 24.3 Å². The number of carboxylic acid groups (broad SMARTS) is 1. The molecular weight excluding hydrogens is 511 g/mol. The molecule has 4 aromatic rings. The van der Waals surface area contributed by atoms with E-state index in [0.717, 1.165) is 51.2 Å². The van der Waals surface area contributed by atoms with Gasteiger partial charge in [-0.2, -0.15) is 0 Å². The minimum Gasteiger partial charge on any atom is -0.545 e. The van der Waals surface area contributed by atoms with Gasteiger partial charge in [-0.3, -0.25) is 5.32 Å². The van der Waals surface area contributed by atoms with Crippen molar-refractivity contribution in [2.75, 3.05) is 0 Å². The first-order chi connectivity index (χ1) is 17.5. The third-order valence-electron chi connectivity index (χ3n) is 6.69. The van der Waals surface area contributed by atoms with Crippen LogP contribution < -0.4 is 44.7 Å².